The highest BCUT2D eigenvalue weighted by Gasteiger charge is 2.21. The maximum Gasteiger partial charge on any atom is 0.343 e. The van der Waals surface area contributed by atoms with E-state index in [4.69, 9.17) is 14.6 Å². The van der Waals surface area contributed by atoms with Crippen LogP contribution in [0.5, 0.6) is 11.5 Å². The Labute approximate surface area is 98.2 Å². The topological polar surface area (TPSA) is 84.9 Å². The van der Waals surface area contributed by atoms with Crippen molar-refractivity contribution in [2.75, 3.05) is 19.5 Å². The summed E-state index contributed by atoms with van der Waals surface area (Å²) < 4.78 is 9.94. The molecule has 0 atom stereocenters. The first-order valence-corrected chi connectivity index (χ1v) is 4.77. The van der Waals surface area contributed by atoms with Crippen molar-refractivity contribution < 1.29 is 24.2 Å². The maximum atomic E-state index is 11.1. The van der Waals surface area contributed by atoms with Crippen LogP contribution >= 0.6 is 0 Å². The zero-order valence-corrected chi connectivity index (χ0v) is 9.73. The van der Waals surface area contributed by atoms with Gasteiger partial charge in [0.15, 0.2) is 5.75 Å². The van der Waals surface area contributed by atoms with Crippen molar-refractivity contribution in [1.82, 2.24) is 0 Å². The van der Waals surface area contributed by atoms with Crippen LogP contribution < -0.4 is 14.8 Å². The van der Waals surface area contributed by atoms with E-state index in [1.807, 2.05) is 0 Å². The molecule has 92 valence electrons. The lowest BCUT2D eigenvalue weighted by Gasteiger charge is -2.14. The number of carbonyl (C=O) groups excluding carboxylic acids is 1. The summed E-state index contributed by atoms with van der Waals surface area (Å²) in [5, 5.41) is 11.6. The Morgan fingerprint density at radius 2 is 1.88 bits per heavy atom. The standard InChI is InChI=1S/C11H13NO5/c1-6(13)12-7-4-5-8(16-2)9(11(14)15)10(7)17-3/h4-5H,1-3H3,(H,12,13)(H,14,15). The Morgan fingerprint density at radius 1 is 1.24 bits per heavy atom. The molecule has 0 saturated heterocycles. The molecular formula is C11H13NO5. The van der Waals surface area contributed by atoms with Crippen molar-refractivity contribution in [2.24, 2.45) is 0 Å². The molecule has 0 heterocycles. The van der Waals surface area contributed by atoms with Crippen LogP contribution in [0, 0.1) is 0 Å². The number of methoxy groups -OCH3 is 2. The van der Waals surface area contributed by atoms with Crippen molar-refractivity contribution in [3.8, 4) is 11.5 Å². The second-order valence-corrected chi connectivity index (χ2v) is 3.21. The fourth-order valence-corrected chi connectivity index (χ4v) is 1.44. The summed E-state index contributed by atoms with van der Waals surface area (Å²) in [6.07, 6.45) is 0. The van der Waals surface area contributed by atoms with Crippen LogP contribution in [0.1, 0.15) is 17.3 Å². The van der Waals surface area contributed by atoms with Gasteiger partial charge in [-0.2, -0.15) is 0 Å². The van der Waals surface area contributed by atoms with E-state index in [1.165, 1.54) is 33.3 Å². The molecule has 1 rings (SSSR count). The zero-order chi connectivity index (χ0) is 13.0. The number of carbonyl (C=O) groups is 2. The molecule has 1 amide bonds. The summed E-state index contributed by atoms with van der Waals surface area (Å²) in [5.74, 6) is -1.27. The van der Waals surface area contributed by atoms with Gasteiger partial charge in [-0.3, -0.25) is 4.79 Å². The van der Waals surface area contributed by atoms with Crippen molar-refractivity contribution in [3.05, 3.63) is 17.7 Å². The van der Waals surface area contributed by atoms with Gasteiger partial charge in [0.05, 0.1) is 19.9 Å². The first-order valence-electron chi connectivity index (χ1n) is 4.77. The normalized spacial score (nSPS) is 9.59. The van der Waals surface area contributed by atoms with Gasteiger partial charge in [0, 0.05) is 6.92 Å². The Bertz CT molecular complexity index is 455. The molecular weight excluding hydrogens is 226 g/mol. The minimum absolute atomic E-state index is 0.0621. The number of hydrogen-bond donors (Lipinski definition) is 2. The molecule has 17 heavy (non-hydrogen) atoms. The number of nitrogens with one attached hydrogen (secondary N) is 1. The first-order chi connectivity index (χ1) is 8.01. The van der Waals surface area contributed by atoms with Crippen LogP contribution in [-0.2, 0) is 4.79 Å². The third kappa shape index (κ3) is 2.66. The fraction of sp³-hybridized carbons (Fsp3) is 0.273. The average molecular weight is 239 g/mol. The van der Waals surface area contributed by atoms with E-state index in [9.17, 15) is 9.59 Å². The monoisotopic (exact) mass is 239 g/mol. The lowest BCUT2D eigenvalue weighted by atomic mass is 10.1. The van der Waals surface area contributed by atoms with Crippen LogP contribution in [0.3, 0.4) is 0 Å². The SMILES string of the molecule is COc1ccc(NC(C)=O)c(OC)c1C(=O)O. The van der Waals surface area contributed by atoms with Gasteiger partial charge in [0.25, 0.3) is 0 Å². The molecule has 0 fully saturated rings. The van der Waals surface area contributed by atoms with E-state index in [1.54, 1.807) is 0 Å². The number of aromatic carboxylic acids is 1. The van der Waals surface area contributed by atoms with Gasteiger partial charge < -0.3 is 19.9 Å². The molecule has 1 aromatic rings. The number of benzene rings is 1. The van der Waals surface area contributed by atoms with Crippen LogP contribution in [0.2, 0.25) is 0 Å². The van der Waals surface area contributed by atoms with Gasteiger partial charge in [0.2, 0.25) is 5.91 Å². The van der Waals surface area contributed by atoms with Crippen LogP contribution in [0.25, 0.3) is 0 Å². The highest BCUT2D eigenvalue weighted by atomic mass is 16.5. The number of carboxylic acids is 1. The third-order valence-electron chi connectivity index (χ3n) is 2.07. The van der Waals surface area contributed by atoms with Gasteiger partial charge in [-0.25, -0.2) is 4.79 Å². The van der Waals surface area contributed by atoms with E-state index in [2.05, 4.69) is 5.32 Å². The van der Waals surface area contributed by atoms with Gasteiger partial charge in [-0.05, 0) is 12.1 Å². The Balaban J connectivity index is 3.40. The summed E-state index contributed by atoms with van der Waals surface area (Å²) in [4.78, 5) is 22.1. The number of rotatable bonds is 4. The molecule has 0 aliphatic carbocycles. The highest BCUT2D eigenvalue weighted by Crippen LogP contribution is 2.35. The summed E-state index contributed by atoms with van der Waals surface area (Å²) >= 11 is 0. The molecule has 0 unspecified atom stereocenters. The summed E-state index contributed by atoms with van der Waals surface area (Å²) in [6, 6.07) is 2.97. The van der Waals surface area contributed by atoms with Crippen molar-refractivity contribution >= 4 is 17.6 Å². The first kappa shape index (κ1) is 12.8. The predicted molar refractivity (Wildman–Crippen MR) is 60.8 cm³/mol. The van der Waals surface area contributed by atoms with E-state index < -0.39 is 5.97 Å². The molecule has 2 N–H and O–H groups in total. The molecule has 6 nitrogen and oxygen atoms in total. The number of anilines is 1. The number of hydrogen-bond acceptors (Lipinski definition) is 4. The fourth-order valence-electron chi connectivity index (χ4n) is 1.44. The molecule has 0 radical (unpaired) electrons. The van der Waals surface area contributed by atoms with Crippen molar-refractivity contribution in [1.29, 1.82) is 0 Å². The third-order valence-corrected chi connectivity index (χ3v) is 2.07. The molecule has 0 aliphatic heterocycles. The van der Waals surface area contributed by atoms with Crippen molar-refractivity contribution in [2.45, 2.75) is 6.92 Å². The largest absolute Gasteiger partial charge is 0.496 e. The lowest BCUT2D eigenvalue weighted by Crippen LogP contribution is -2.11. The molecule has 0 spiro atoms. The quantitative estimate of drug-likeness (QED) is 0.828. The molecule has 0 bridgehead atoms. The van der Waals surface area contributed by atoms with Gasteiger partial charge in [-0.15, -0.1) is 0 Å². The van der Waals surface area contributed by atoms with E-state index in [0.29, 0.717) is 5.69 Å². The Hall–Kier alpha value is -2.24. The van der Waals surface area contributed by atoms with Gasteiger partial charge >= 0.3 is 5.97 Å². The number of amides is 1. The van der Waals surface area contributed by atoms with Gasteiger partial charge in [0.1, 0.15) is 11.3 Å². The number of ether oxygens (including phenoxy) is 2. The van der Waals surface area contributed by atoms with E-state index in [0.717, 1.165) is 0 Å². The predicted octanol–water partition coefficient (Wildman–Crippen LogP) is 1.36. The second kappa shape index (κ2) is 5.20. The second-order valence-electron chi connectivity index (χ2n) is 3.21. The zero-order valence-electron chi connectivity index (χ0n) is 9.73. The van der Waals surface area contributed by atoms with Crippen LogP contribution in [-0.4, -0.2) is 31.2 Å². The van der Waals surface area contributed by atoms with Crippen molar-refractivity contribution in [3.63, 3.8) is 0 Å². The number of carboxylic acid groups (broad SMARTS) is 1. The maximum absolute atomic E-state index is 11.1. The van der Waals surface area contributed by atoms with Crippen LogP contribution in [0.4, 0.5) is 5.69 Å². The van der Waals surface area contributed by atoms with Gasteiger partial charge in [-0.1, -0.05) is 0 Å². The Kier molecular flexibility index (Phi) is 3.92. The average Bonchev–Trinajstić information content (AvgIpc) is 2.27. The molecule has 6 heteroatoms. The van der Waals surface area contributed by atoms with Crippen LogP contribution in [0.15, 0.2) is 12.1 Å². The summed E-state index contributed by atoms with van der Waals surface area (Å²) in [6.45, 7) is 1.32. The minimum atomic E-state index is -1.19. The lowest BCUT2D eigenvalue weighted by molar-refractivity contribution is -0.114. The molecule has 0 aliphatic rings. The molecule has 0 aromatic heterocycles. The minimum Gasteiger partial charge on any atom is -0.496 e. The molecule has 0 saturated carbocycles. The highest BCUT2D eigenvalue weighted by molar-refractivity contribution is 5.99. The summed E-state index contributed by atoms with van der Waals surface area (Å²) in [7, 11) is 2.69. The van der Waals surface area contributed by atoms with E-state index in [-0.39, 0.29) is 23.0 Å². The smallest absolute Gasteiger partial charge is 0.343 e. The Morgan fingerprint density at radius 3 is 2.29 bits per heavy atom. The molecule has 1 aromatic carbocycles. The van der Waals surface area contributed by atoms with E-state index >= 15 is 0 Å². The summed E-state index contributed by atoms with van der Waals surface area (Å²) in [5.41, 5.74) is 0.166.